The molecule has 2 aromatic heterocycles. The van der Waals surface area contributed by atoms with Gasteiger partial charge in [0.2, 0.25) is 5.91 Å². The van der Waals surface area contributed by atoms with Crippen LogP contribution in [0.15, 0.2) is 48.9 Å². The van der Waals surface area contributed by atoms with Gasteiger partial charge in [-0.25, -0.2) is 4.98 Å². The van der Waals surface area contributed by atoms with Crippen LogP contribution in [0.2, 0.25) is 5.02 Å². The van der Waals surface area contributed by atoms with Gasteiger partial charge in [0.25, 0.3) is 0 Å². The van der Waals surface area contributed by atoms with E-state index < -0.39 is 21.0 Å². The molecule has 0 spiro atoms. The van der Waals surface area contributed by atoms with Crippen molar-refractivity contribution in [3.8, 4) is 5.75 Å². The van der Waals surface area contributed by atoms with Gasteiger partial charge in [0.1, 0.15) is 17.9 Å². The Bertz CT molecular complexity index is 1280. The Hall–Kier alpha value is -2.56. The Morgan fingerprint density at radius 2 is 2.17 bits per heavy atom. The molecule has 4 rings (SSSR count). The smallest absolute Gasteiger partial charge is 0.223 e. The van der Waals surface area contributed by atoms with E-state index in [0.717, 1.165) is 46.3 Å². The average Bonchev–Trinajstić information content (AvgIpc) is 2.90. The van der Waals surface area contributed by atoms with Gasteiger partial charge in [0, 0.05) is 60.9 Å². The summed E-state index contributed by atoms with van der Waals surface area (Å²) in [5.74, 6) is 0.683. The number of pyridine rings is 2. The quantitative estimate of drug-likeness (QED) is 0.238. The van der Waals surface area contributed by atoms with E-state index in [4.69, 9.17) is 26.1 Å². The number of benzene rings is 1. The van der Waals surface area contributed by atoms with Crippen molar-refractivity contribution in [3.05, 3.63) is 70.8 Å². The summed E-state index contributed by atoms with van der Waals surface area (Å²) in [6.07, 6.45) is 8.88. The van der Waals surface area contributed by atoms with Gasteiger partial charge in [-0.2, -0.15) is 0 Å². The molecule has 0 aliphatic carbocycles. The van der Waals surface area contributed by atoms with Gasteiger partial charge < -0.3 is 14.8 Å². The molecule has 0 unspecified atom stereocenters. The molecule has 3 aromatic rings. The molecule has 0 bridgehead atoms. The lowest BCUT2D eigenvalue weighted by molar-refractivity contribution is -0.128. The van der Waals surface area contributed by atoms with Crippen molar-refractivity contribution in [2.24, 2.45) is 5.92 Å². The number of amides is 1. The van der Waals surface area contributed by atoms with Crippen LogP contribution in [0.3, 0.4) is 0 Å². The highest BCUT2D eigenvalue weighted by molar-refractivity contribution is 14.2. The number of fused-ring (bicyclic) bond motifs is 1. The Morgan fingerprint density at radius 1 is 1.36 bits per heavy atom. The number of hydrogen-bond donors (Lipinski definition) is 1. The van der Waals surface area contributed by atoms with Crippen LogP contribution in [0, 0.1) is 12.8 Å². The summed E-state index contributed by atoms with van der Waals surface area (Å²) < 4.78 is 18.0. The third-order valence-electron chi connectivity index (χ3n) is 6.06. The van der Waals surface area contributed by atoms with Gasteiger partial charge in [-0.3, -0.25) is 12.9 Å². The fourth-order valence-corrected chi connectivity index (χ4v) is 5.74. The zero-order valence-electron chi connectivity index (χ0n) is 20.5. The van der Waals surface area contributed by atoms with Crippen LogP contribution < -0.4 is 13.2 Å². The third kappa shape index (κ3) is 6.22. The highest BCUT2D eigenvalue weighted by Crippen LogP contribution is 2.35. The number of halogens is 2. The number of nitrogens with one attached hydrogen (secondary N) is 1. The Balaban J connectivity index is 1.56. The number of rotatable bonds is 9. The van der Waals surface area contributed by atoms with Gasteiger partial charge in [-0.05, 0) is 69.9 Å². The van der Waals surface area contributed by atoms with E-state index in [1.165, 1.54) is 0 Å². The maximum Gasteiger partial charge on any atom is 0.223 e. The minimum Gasteiger partial charge on any atom is -0.487 e. The summed E-state index contributed by atoms with van der Waals surface area (Å²) in [4.78, 5) is 21.6. The van der Waals surface area contributed by atoms with Crippen LogP contribution in [-0.2, 0) is 22.7 Å². The van der Waals surface area contributed by atoms with E-state index in [1.54, 1.807) is 12.4 Å². The fourth-order valence-electron chi connectivity index (χ4n) is 4.19. The second kappa shape index (κ2) is 12.6. The van der Waals surface area contributed by atoms with E-state index in [9.17, 15) is 4.79 Å². The van der Waals surface area contributed by atoms with E-state index in [2.05, 4.69) is 36.3 Å². The molecule has 1 N–H and O–H groups in total. The minimum atomic E-state index is -0.448. The molecule has 0 atom stereocenters. The van der Waals surface area contributed by atoms with Crippen LogP contribution in [0.1, 0.15) is 36.6 Å². The average molecular weight is 621 g/mol. The summed E-state index contributed by atoms with van der Waals surface area (Å²) >= 11 is 6.07. The minimum absolute atomic E-state index is 0.0207. The molecule has 9 heteroatoms. The molecule has 1 fully saturated rings. The van der Waals surface area contributed by atoms with E-state index >= 15 is 0 Å². The topological polar surface area (TPSA) is 76.6 Å². The van der Waals surface area contributed by atoms with Crippen molar-refractivity contribution in [2.75, 3.05) is 16.3 Å². The number of allylic oxidation sites excluding steroid dienone is 1. The van der Waals surface area contributed by atoms with Crippen LogP contribution in [0.4, 0.5) is 5.69 Å². The van der Waals surface area contributed by atoms with Gasteiger partial charge in [-0.15, -0.1) is 0 Å². The summed E-state index contributed by atoms with van der Waals surface area (Å²) in [5, 5.41) is 4.54. The van der Waals surface area contributed by atoms with Gasteiger partial charge in [0.05, 0.1) is 10.7 Å². The standard InChI is InChI=1S/C27H30ClIN4O3/c1-4-10-33(29-3)24-13-18(2)32-26-21(24)6-5-7-25(26)36-17-22-20(14-30-16-23(22)28)15-31-27(34)19-8-11-35-12-9-19/h4-7,10,13-14,16,19H,3,8-9,11-12,15,17H2,1-2H3,(H,31,34)/b10-4-. The monoisotopic (exact) mass is 620 g/mol. The largest absolute Gasteiger partial charge is 0.487 e. The summed E-state index contributed by atoms with van der Waals surface area (Å²) in [5.41, 5.74) is 4.39. The predicted molar refractivity (Wildman–Crippen MR) is 154 cm³/mol. The first-order chi connectivity index (χ1) is 17.5. The molecule has 1 saturated heterocycles. The Morgan fingerprint density at radius 3 is 2.92 bits per heavy atom. The van der Waals surface area contributed by atoms with E-state index in [1.807, 2.05) is 32.1 Å². The van der Waals surface area contributed by atoms with Crippen LogP contribution in [0.25, 0.3) is 10.9 Å². The first-order valence-corrected chi connectivity index (χ1v) is 14.7. The van der Waals surface area contributed by atoms with Crippen molar-refractivity contribution in [2.45, 2.75) is 39.8 Å². The lowest BCUT2D eigenvalue weighted by Gasteiger charge is -2.21. The van der Waals surface area contributed by atoms with Gasteiger partial charge in [-0.1, -0.05) is 29.8 Å². The molecule has 1 amide bonds. The van der Waals surface area contributed by atoms with Gasteiger partial charge in [0.15, 0.2) is 0 Å². The number of carbonyl (C=O) groups is 1. The highest BCUT2D eigenvalue weighted by Gasteiger charge is 2.22. The molecule has 190 valence electrons. The number of nitrogens with zero attached hydrogens (tertiary/aromatic N) is 3. The normalized spacial score (nSPS) is 14.3. The van der Waals surface area contributed by atoms with Crippen molar-refractivity contribution in [3.63, 3.8) is 0 Å². The fraction of sp³-hybridized carbons (Fsp3) is 0.333. The SMILES string of the molecule is C=IN(/C=C\C)c1cc(C)nc2c(OCc3c(Cl)cncc3CNC(=O)C3CCOCC3)cccc12. The Kier molecular flexibility index (Phi) is 9.28. The first kappa shape index (κ1) is 26.5. The second-order valence-corrected chi connectivity index (χ2v) is 10.6. The van der Waals surface area contributed by atoms with Gasteiger partial charge >= 0.3 is 0 Å². The van der Waals surface area contributed by atoms with Crippen molar-refractivity contribution >= 4 is 59.6 Å². The van der Waals surface area contributed by atoms with Crippen LogP contribution in [0.5, 0.6) is 5.75 Å². The van der Waals surface area contributed by atoms with Crippen molar-refractivity contribution in [1.82, 2.24) is 15.3 Å². The third-order valence-corrected chi connectivity index (χ3v) is 7.96. The maximum atomic E-state index is 12.6. The molecular weight excluding hydrogens is 591 g/mol. The van der Waals surface area contributed by atoms with Crippen LogP contribution in [-0.4, -0.2) is 33.6 Å². The molecule has 1 aromatic carbocycles. The lowest BCUT2D eigenvalue weighted by Crippen LogP contribution is -2.34. The summed E-state index contributed by atoms with van der Waals surface area (Å²) in [7, 11) is 0. The number of anilines is 1. The maximum absolute atomic E-state index is 12.6. The number of aromatic nitrogens is 2. The number of aryl methyl sites for hydroxylation is 1. The zero-order valence-corrected chi connectivity index (χ0v) is 23.4. The molecule has 7 nitrogen and oxygen atoms in total. The summed E-state index contributed by atoms with van der Waals surface area (Å²) in [6.45, 7) is 5.80. The molecule has 36 heavy (non-hydrogen) atoms. The Labute approximate surface area is 227 Å². The molecule has 0 saturated carbocycles. The van der Waals surface area contributed by atoms with Crippen molar-refractivity contribution in [1.29, 1.82) is 0 Å². The molecule has 1 aliphatic rings. The lowest BCUT2D eigenvalue weighted by atomic mass is 9.99. The van der Waals surface area contributed by atoms with Crippen LogP contribution >= 0.6 is 32.6 Å². The van der Waals surface area contributed by atoms with Crippen molar-refractivity contribution < 1.29 is 14.3 Å². The first-order valence-electron chi connectivity index (χ1n) is 11.8. The highest BCUT2D eigenvalue weighted by atomic mass is 127. The zero-order chi connectivity index (χ0) is 25.5. The number of carbonyl (C=O) groups excluding carboxylic acids is 1. The number of hydrogen-bond acceptors (Lipinski definition) is 6. The predicted octanol–water partition coefficient (Wildman–Crippen LogP) is 5.87. The van der Waals surface area contributed by atoms with E-state index in [-0.39, 0.29) is 18.4 Å². The summed E-state index contributed by atoms with van der Waals surface area (Å²) in [6, 6.07) is 8.02. The second-order valence-electron chi connectivity index (χ2n) is 8.50. The molecule has 3 heterocycles. The number of ether oxygens (including phenoxy) is 2. The molecular formula is C27H30ClIN4O3. The molecule has 1 aliphatic heterocycles. The van der Waals surface area contributed by atoms with E-state index in [0.29, 0.717) is 30.5 Å². The number of para-hydroxylation sites is 1. The molecule has 0 radical (unpaired) electrons.